The number of hydrogen-bond donors (Lipinski definition) is 1. The molecule has 0 aromatic heterocycles. The van der Waals surface area contributed by atoms with Gasteiger partial charge >= 0.3 is 0 Å². The predicted molar refractivity (Wildman–Crippen MR) is 72.0 cm³/mol. The number of aryl methyl sites for hydroxylation is 1. The molecule has 0 bridgehead atoms. The van der Waals surface area contributed by atoms with Crippen molar-refractivity contribution in [2.75, 3.05) is 20.8 Å². The molecule has 0 aliphatic rings. The van der Waals surface area contributed by atoms with E-state index in [4.69, 9.17) is 26.8 Å². The number of benzene rings is 1. The Hall–Kier alpha value is -1.19. The molecule has 0 aliphatic heterocycles. The second-order valence-electron chi connectivity index (χ2n) is 3.49. The summed E-state index contributed by atoms with van der Waals surface area (Å²) in [6.07, 6.45) is 4.54. The zero-order valence-electron chi connectivity index (χ0n) is 10.4. The van der Waals surface area contributed by atoms with Crippen molar-refractivity contribution in [3.63, 3.8) is 0 Å². The Balaban J connectivity index is 3.44. The highest BCUT2D eigenvalue weighted by atomic mass is 35.5. The van der Waals surface area contributed by atoms with E-state index in [1.54, 1.807) is 14.2 Å². The van der Waals surface area contributed by atoms with Gasteiger partial charge in [-0.25, -0.2) is 0 Å². The molecule has 0 heterocycles. The molecular weight excluding hydrogens is 238 g/mol. The standard InChI is InChI=1S/C13H18ClNO2/c1-4-9-8-11(16-2)13(17-3)10(12(9)14)6-5-7-15/h5-6,8H,4,7,15H2,1-3H3/b6-5+. The second kappa shape index (κ2) is 6.52. The van der Waals surface area contributed by atoms with Crippen LogP contribution in [0.5, 0.6) is 11.5 Å². The van der Waals surface area contributed by atoms with E-state index in [0.717, 1.165) is 17.5 Å². The molecule has 3 nitrogen and oxygen atoms in total. The molecule has 94 valence electrons. The lowest BCUT2D eigenvalue weighted by Crippen LogP contribution is -1.98. The molecule has 4 heteroatoms. The van der Waals surface area contributed by atoms with E-state index < -0.39 is 0 Å². The third-order valence-corrected chi connectivity index (χ3v) is 2.96. The highest BCUT2D eigenvalue weighted by Crippen LogP contribution is 2.39. The first-order valence-corrected chi connectivity index (χ1v) is 5.87. The molecule has 17 heavy (non-hydrogen) atoms. The lowest BCUT2D eigenvalue weighted by Gasteiger charge is -2.15. The van der Waals surface area contributed by atoms with Crippen LogP contribution in [0.15, 0.2) is 12.1 Å². The first-order chi connectivity index (χ1) is 8.19. The summed E-state index contributed by atoms with van der Waals surface area (Å²) in [6, 6.07) is 1.90. The van der Waals surface area contributed by atoms with Crippen molar-refractivity contribution in [2.45, 2.75) is 13.3 Å². The summed E-state index contributed by atoms with van der Waals surface area (Å²) in [5, 5.41) is 0.690. The Morgan fingerprint density at radius 3 is 2.53 bits per heavy atom. The van der Waals surface area contributed by atoms with Crippen molar-refractivity contribution in [2.24, 2.45) is 5.73 Å². The van der Waals surface area contributed by atoms with E-state index in [1.807, 2.05) is 25.1 Å². The molecule has 2 N–H and O–H groups in total. The summed E-state index contributed by atoms with van der Waals surface area (Å²) in [6.45, 7) is 2.50. The van der Waals surface area contributed by atoms with E-state index in [9.17, 15) is 0 Å². The number of hydrogen-bond acceptors (Lipinski definition) is 3. The summed E-state index contributed by atoms with van der Waals surface area (Å²) in [4.78, 5) is 0. The summed E-state index contributed by atoms with van der Waals surface area (Å²) < 4.78 is 10.6. The van der Waals surface area contributed by atoms with Crippen LogP contribution in [0.1, 0.15) is 18.1 Å². The van der Waals surface area contributed by atoms with Crippen LogP contribution in [-0.4, -0.2) is 20.8 Å². The number of methoxy groups -OCH3 is 2. The number of nitrogens with two attached hydrogens (primary N) is 1. The van der Waals surface area contributed by atoms with Crippen LogP contribution in [-0.2, 0) is 6.42 Å². The van der Waals surface area contributed by atoms with E-state index in [-0.39, 0.29) is 0 Å². The topological polar surface area (TPSA) is 44.5 Å². The van der Waals surface area contributed by atoms with Crippen molar-refractivity contribution in [1.29, 1.82) is 0 Å². The minimum atomic E-state index is 0.456. The smallest absolute Gasteiger partial charge is 0.169 e. The highest BCUT2D eigenvalue weighted by Gasteiger charge is 2.15. The predicted octanol–water partition coefficient (Wildman–Crippen LogP) is 2.89. The molecule has 0 amide bonds. The first-order valence-electron chi connectivity index (χ1n) is 5.49. The van der Waals surface area contributed by atoms with Gasteiger partial charge in [0, 0.05) is 12.1 Å². The fourth-order valence-electron chi connectivity index (χ4n) is 1.65. The molecule has 0 saturated heterocycles. The van der Waals surface area contributed by atoms with Crippen molar-refractivity contribution >= 4 is 17.7 Å². The lowest BCUT2D eigenvalue weighted by molar-refractivity contribution is 0.354. The van der Waals surface area contributed by atoms with Crippen molar-refractivity contribution in [3.8, 4) is 11.5 Å². The molecule has 1 rings (SSSR count). The number of halogens is 1. The third-order valence-electron chi connectivity index (χ3n) is 2.52. The minimum absolute atomic E-state index is 0.456. The second-order valence-corrected chi connectivity index (χ2v) is 3.87. The average Bonchev–Trinajstić information content (AvgIpc) is 2.36. The molecule has 0 radical (unpaired) electrons. The maximum absolute atomic E-state index is 6.33. The molecule has 0 unspecified atom stereocenters. The quantitative estimate of drug-likeness (QED) is 0.880. The number of rotatable bonds is 5. The van der Waals surface area contributed by atoms with Gasteiger partial charge in [-0.15, -0.1) is 0 Å². The fraction of sp³-hybridized carbons (Fsp3) is 0.385. The van der Waals surface area contributed by atoms with E-state index in [0.29, 0.717) is 23.1 Å². The van der Waals surface area contributed by atoms with Gasteiger partial charge in [0.2, 0.25) is 0 Å². The van der Waals surface area contributed by atoms with Gasteiger partial charge in [0.25, 0.3) is 0 Å². The van der Waals surface area contributed by atoms with Gasteiger partial charge in [-0.1, -0.05) is 30.7 Å². The first kappa shape index (κ1) is 13.9. The SMILES string of the molecule is CCc1cc(OC)c(OC)c(/C=C/CN)c1Cl. The molecule has 0 fully saturated rings. The zero-order valence-corrected chi connectivity index (χ0v) is 11.2. The summed E-state index contributed by atoms with van der Waals surface area (Å²) in [5.41, 5.74) is 7.30. The van der Waals surface area contributed by atoms with Crippen LogP contribution in [0.3, 0.4) is 0 Å². The summed E-state index contributed by atoms with van der Waals surface area (Å²) in [5.74, 6) is 1.32. The molecule has 0 atom stereocenters. The van der Waals surface area contributed by atoms with Crippen molar-refractivity contribution in [3.05, 3.63) is 28.3 Å². The monoisotopic (exact) mass is 255 g/mol. The Morgan fingerprint density at radius 2 is 2.06 bits per heavy atom. The molecule has 1 aromatic carbocycles. The van der Waals surface area contributed by atoms with E-state index in [1.165, 1.54) is 0 Å². The van der Waals surface area contributed by atoms with Crippen LogP contribution in [0.25, 0.3) is 6.08 Å². The van der Waals surface area contributed by atoms with Crippen molar-refractivity contribution in [1.82, 2.24) is 0 Å². The summed E-state index contributed by atoms with van der Waals surface area (Å²) >= 11 is 6.33. The van der Waals surface area contributed by atoms with Gasteiger partial charge in [-0.2, -0.15) is 0 Å². The van der Waals surface area contributed by atoms with Crippen LogP contribution >= 0.6 is 11.6 Å². The van der Waals surface area contributed by atoms with Gasteiger partial charge in [0.15, 0.2) is 11.5 Å². The molecule has 1 aromatic rings. The summed E-state index contributed by atoms with van der Waals surface area (Å²) in [7, 11) is 3.21. The highest BCUT2D eigenvalue weighted by molar-refractivity contribution is 6.33. The van der Waals surface area contributed by atoms with Gasteiger partial charge in [-0.05, 0) is 18.1 Å². The molecule has 0 spiro atoms. The normalized spacial score (nSPS) is 10.9. The van der Waals surface area contributed by atoms with Crippen LogP contribution in [0.2, 0.25) is 5.02 Å². The Bertz CT molecular complexity index is 416. The van der Waals surface area contributed by atoms with E-state index in [2.05, 4.69) is 0 Å². The maximum Gasteiger partial charge on any atom is 0.169 e. The third kappa shape index (κ3) is 2.93. The largest absolute Gasteiger partial charge is 0.493 e. The molecule has 0 aliphatic carbocycles. The van der Waals surface area contributed by atoms with Crippen LogP contribution < -0.4 is 15.2 Å². The lowest BCUT2D eigenvalue weighted by atomic mass is 10.1. The zero-order chi connectivity index (χ0) is 12.8. The van der Waals surface area contributed by atoms with Crippen LogP contribution in [0, 0.1) is 0 Å². The number of ether oxygens (including phenoxy) is 2. The average molecular weight is 256 g/mol. The fourth-order valence-corrected chi connectivity index (χ4v) is 1.98. The van der Waals surface area contributed by atoms with Gasteiger partial charge in [0.05, 0.1) is 19.2 Å². The van der Waals surface area contributed by atoms with E-state index >= 15 is 0 Å². The molecule has 0 saturated carbocycles. The Labute approximate surface area is 107 Å². The van der Waals surface area contributed by atoms with Crippen molar-refractivity contribution < 1.29 is 9.47 Å². The molecular formula is C13H18ClNO2. The van der Waals surface area contributed by atoms with Crippen LogP contribution in [0.4, 0.5) is 0 Å². The Kier molecular flexibility index (Phi) is 5.32. The van der Waals surface area contributed by atoms with Gasteiger partial charge in [-0.3, -0.25) is 0 Å². The van der Waals surface area contributed by atoms with Gasteiger partial charge < -0.3 is 15.2 Å². The Morgan fingerprint density at radius 1 is 1.35 bits per heavy atom. The minimum Gasteiger partial charge on any atom is -0.493 e. The maximum atomic E-state index is 6.33. The van der Waals surface area contributed by atoms with Gasteiger partial charge in [0.1, 0.15) is 0 Å².